The molecule has 3 aromatic rings. The third-order valence-corrected chi connectivity index (χ3v) is 6.19. The molecular weight excluding hydrogens is 474 g/mol. The minimum Gasteiger partial charge on any atom is -0.264 e. The molecule has 1 nitrogen and oxygen atoms in total. The summed E-state index contributed by atoms with van der Waals surface area (Å²) in [4.78, 5) is 4.20. The van der Waals surface area contributed by atoms with Gasteiger partial charge in [0.1, 0.15) is 0 Å². The van der Waals surface area contributed by atoms with Crippen LogP contribution in [0.25, 0.3) is 16.7 Å². The van der Waals surface area contributed by atoms with E-state index in [1.54, 1.807) is 6.20 Å². The van der Waals surface area contributed by atoms with E-state index in [1.165, 1.54) is 5.56 Å². The summed E-state index contributed by atoms with van der Waals surface area (Å²) in [7, 11) is 0. The average molecular weight is 497 g/mol. The lowest BCUT2D eigenvalue weighted by Gasteiger charge is -2.23. The second-order valence-corrected chi connectivity index (χ2v) is 9.88. The van der Waals surface area contributed by atoms with E-state index in [0.29, 0.717) is 5.57 Å². The van der Waals surface area contributed by atoms with Crippen LogP contribution in [0.15, 0.2) is 57.7 Å². The van der Waals surface area contributed by atoms with Gasteiger partial charge >= 0.3 is 0 Å². The van der Waals surface area contributed by atoms with E-state index in [0.717, 1.165) is 42.3 Å². The standard InChI is InChI=1S/C25H23Br2N/c1-15-10-20(25(4,5)6)11-16(2)23(15)17(3)24-21(26)12-19(13-22(24)27)18-8-7-9-28-14-18/h7-14H,1-2,4-6H3. The minimum atomic E-state index is 0.0861. The van der Waals surface area contributed by atoms with Crippen molar-refractivity contribution in [3.63, 3.8) is 0 Å². The van der Waals surface area contributed by atoms with Crippen molar-refractivity contribution in [2.24, 2.45) is 0 Å². The Morgan fingerprint density at radius 3 is 1.93 bits per heavy atom. The van der Waals surface area contributed by atoms with Gasteiger partial charge in [0, 0.05) is 44.6 Å². The van der Waals surface area contributed by atoms with Crippen molar-refractivity contribution in [2.75, 3.05) is 0 Å². The van der Waals surface area contributed by atoms with Crippen LogP contribution in [0.4, 0.5) is 0 Å². The molecule has 0 bridgehead atoms. The third-order valence-electron chi connectivity index (χ3n) is 4.94. The van der Waals surface area contributed by atoms with E-state index < -0.39 is 0 Å². The van der Waals surface area contributed by atoms with E-state index in [1.807, 2.05) is 18.3 Å². The van der Waals surface area contributed by atoms with Gasteiger partial charge in [-0.2, -0.15) is 0 Å². The van der Waals surface area contributed by atoms with Crippen molar-refractivity contribution < 1.29 is 0 Å². The summed E-state index contributed by atoms with van der Waals surface area (Å²) in [6, 6.07) is 12.5. The zero-order valence-corrected chi connectivity index (χ0v) is 20.0. The zero-order chi connectivity index (χ0) is 20.6. The Morgan fingerprint density at radius 2 is 1.46 bits per heavy atom. The zero-order valence-electron chi connectivity index (χ0n) is 16.8. The average Bonchev–Trinajstić information content (AvgIpc) is 2.60. The molecule has 28 heavy (non-hydrogen) atoms. The highest BCUT2D eigenvalue weighted by Gasteiger charge is 2.20. The molecule has 3 heteroatoms. The van der Waals surface area contributed by atoms with Crippen molar-refractivity contribution in [2.45, 2.75) is 40.0 Å². The van der Waals surface area contributed by atoms with Gasteiger partial charge in [-0.15, -0.1) is 0 Å². The van der Waals surface area contributed by atoms with Crippen molar-refractivity contribution in [1.29, 1.82) is 0 Å². The summed E-state index contributed by atoms with van der Waals surface area (Å²) < 4.78 is 1.79. The summed E-state index contributed by atoms with van der Waals surface area (Å²) in [5, 5.41) is 0. The highest BCUT2D eigenvalue weighted by Crippen LogP contribution is 2.40. The van der Waals surface area contributed by atoms with Gasteiger partial charge in [0.2, 0.25) is 0 Å². The number of aryl methyl sites for hydroxylation is 2. The topological polar surface area (TPSA) is 12.9 Å². The van der Waals surface area contributed by atoms with Crippen LogP contribution in [0.3, 0.4) is 0 Å². The Kier molecular flexibility index (Phi) is 5.97. The van der Waals surface area contributed by atoms with Crippen LogP contribution < -0.4 is 0 Å². The van der Waals surface area contributed by atoms with E-state index >= 15 is 0 Å². The fourth-order valence-corrected chi connectivity index (χ4v) is 5.01. The molecule has 0 N–H and O–H groups in total. The Labute approximate surface area is 185 Å². The van der Waals surface area contributed by atoms with E-state index in [-0.39, 0.29) is 5.41 Å². The molecule has 0 amide bonds. The van der Waals surface area contributed by atoms with Gasteiger partial charge in [-0.05, 0) is 65.3 Å². The molecule has 1 heterocycles. The van der Waals surface area contributed by atoms with Crippen LogP contribution in [0, 0.1) is 20.4 Å². The Bertz CT molecular complexity index is 998. The molecule has 0 saturated carbocycles. The first-order chi connectivity index (χ1) is 13.1. The van der Waals surface area contributed by atoms with Gasteiger partial charge in [0.25, 0.3) is 0 Å². The summed E-state index contributed by atoms with van der Waals surface area (Å²) >= 11 is 7.39. The number of hydrogen-bond donors (Lipinski definition) is 0. The quantitative estimate of drug-likeness (QED) is 0.358. The molecule has 142 valence electrons. The smallest absolute Gasteiger partial charge is 0.0346 e. The van der Waals surface area contributed by atoms with Gasteiger partial charge in [-0.1, -0.05) is 70.8 Å². The molecule has 0 aliphatic rings. The molecule has 3 rings (SSSR count). The normalized spacial score (nSPS) is 11.5. The summed E-state index contributed by atoms with van der Waals surface area (Å²) in [6.07, 6.45) is 3.61. The Hall–Kier alpha value is -1.71. The maximum Gasteiger partial charge on any atom is 0.0346 e. The van der Waals surface area contributed by atoms with Crippen molar-refractivity contribution in [1.82, 2.24) is 4.98 Å². The monoisotopic (exact) mass is 495 g/mol. The second-order valence-electron chi connectivity index (χ2n) is 8.17. The highest BCUT2D eigenvalue weighted by molar-refractivity contribution is 9.11. The van der Waals surface area contributed by atoms with E-state index in [9.17, 15) is 0 Å². The molecule has 0 saturated heterocycles. The molecule has 0 aliphatic carbocycles. The van der Waals surface area contributed by atoms with Gasteiger partial charge in [0.15, 0.2) is 0 Å². The SMILES string of the molecule is [C]=C(c1c(C)cc(C(C)(C)C)cc1C)c1c(Br)cc(-c2cccnc2)cc1Br. The number of benzene rings is 2. The lowest BCUT2D eigenvalue weighted by molar-refractivity contribution is 0.589. The van der Waals surface area contributed by atoms with Crippen LogP contribution >= 0.6 is 31.9 Å². The maximum absolute atomic E-state index is 8.96. The number of hydrogen-bond acceptors (Lipinski definition) is 1. The Balaban J connectivity index is 2.09. The van der Waals surface area contributed by atoms with Crippen molar-refractivity contribution >= 4 is 37.4 Å². The van der Waals surface area contributed by atoms with Gasteiger partial charge in [-0.3, -0.25) is 4.98 Å². The summed E-state index contributed by atoms with van der Waals surface area (Å²) in [5.41, 5.74) is 8.11. The number of aromatic nitrogens is 1. The lowest BCUT2D eigenvalue weighted by atomic mass is 9.82. The fraction of sp³-hybridized carbons (Fsp3) is 0.240. The predicted molar refractivity (Wildman–Crippen MR) is 125 cm³/mol. The largest absolute Gasteiger partial charge is 0.264 e. The highest BCUT2D eigenvalue weighted by atomic mass is 79.9. The van der Waals surface area contributed by atoms with Crippen molar-refractivity contribution in [3.05, 3.63) is 92.1 Å². The first-order valence-electron chi connectivity index (χ1n) is 9.20. The van der Waals surface area contributed by atoms with E-state index in [2.05, 4.69) is 95.7 Å². The first-order valence-corrected chi connectivity index (χ1v) is 10.8. The molecule has 1 aromatic heterocycles. The van der Waals surface area contributed by atoms with Crippen LogP contribution in [-0.4, -0.2) is 4.98 Å². The number of halogens is 2. The maximum atomic E-state index is 8.96. The second kappa shape index (κ2) is 7.96. The molecule has 0 atom stereocenters. The fourth-order valence-electron chi connectivity index (χ4n) is 3.43. The number of nitrogens with zero attached hydrogens (tertiary/aromatic N) is 1. The van der Waals surface area contributed by atoms with Gasteiger partial charge in [-0.25, -0.2) is 0 Å². The van der Waals surface area contributed by atoms with Gasteiger partial charge in [0.05, 0.1) is 0 Å². The van der Waals surface area contributed by atoms with Gasteiger partial charge < -0.3 is 0 Å². The molecule has 0 unspecified atom stereocenters. The molecule has 2 aromatic carbocycles. The van der Waals surface area contributed by atoms with E-state index in [4.69, 9.17) is 6.58 Å². The number of rotatable bonds is 3. The first kappa shape index (κ1) is 21.0. The molecular formula is C25H23Br2N. The molecule has 0 fully saturated rings. The third kappa shape index (κ3) is 4.16. The summed E-state index contributed by atoms with van der Waals surface area (Å²) in [6.45, 7) is 19.8. The van der Waals surface area contributed by atoms with Crippen LogP contribution in [-0.2, 0) is 5.41 Å². The molecule has 0 spiro atoms. The number of pyridine rings is 1. The minimum absolute atomic E-state index is 0.0861. The lowest BCUT2D eigenvalue weighted by Crippen LogP contribution is -2.12. The van der Waals surface area contributed by atoms with Crippen LogP contribution in [0.1, 0.15) is 48.6 Å². The Morgan fingerprint density at radius 1 is 0.893 bits per heavy atom. The molecule has 0 aliphatic heterocycles. The molecule has 2 radical (unpaired) electrons. The predicted octanol–water partition coefficient (Wildman–Crippen LogP) is 7.93. The van der Waals surface area contributed by atoms with Crippen molar-refractivity contribution in [3.8, 4) is 11.1 Å². The van der Waals surface area contributed by atoms with Crippen LogP contribution in [0.2, 0.25) is 0 Å². The summed E-state index contributed by atoms with van der Waals surface area (Å²) in [5.74, 6) is 0. The van der Waals surface area contributed by atoms with Crippen LogP contribution in [0.5, 0.6) is 0 Å².